The highest BCUT2D eigenvalue weighted by atomic mass is 16.5. The van der Waals surface area contributed by atoms with Crippen LogP contribution in [0, 0.1) is 0 Å². The summed E-state index contributed by atoms with van der Waals surface area (Å²) >= 11 is 0. The quantitative estimate of drug-likeness (QED) is 0.585. The fourth-order valence-corrected chi connectivity index (χ4v) is 1.63. The molecule has 0 aliphatic heterocycles. The summed E-state index contributed by atoms with van der Waals surface area (Å²) in [7, 11) is 1.31. The van der Waals surface area contributed by atoms with Crippen LogP contribution in [0.15, 0.2) is 24.5 Å². The van der Waals surface area contributed by atoms with E-state index in [2.05, 4.69) is 25.3 Å². The summed E-state index contributed by atoms with van der Waals surface area (Å²) in [5, 5.41) is 10.7. The number of ether oxygens (including phenoxy) is 1. The van der Waals surface area contributed by atoms with E-state index < -0.39 is 5.97 Å². The van der Waals surface area contributed by atoms with Gasteiger partial charge in [0.2, 0.25) is 0 Å². The van der Waals surface area contributed by atoms with E-state index in [-0.39, 0.29) is 5.69 Å². The van der Waals surface area contributed by atoms with Crippen LogP contribution >= 0.6 is 0 Å². The minimum Gasteiger partial charge on any atom is -0.464 e. The molecule has 0 bridgehead atoms. The van der Waals surface area contributed by atoms with Crippen molar-refractivity contribution < 1.29 is 9.53 Å². The smallest absolute Gasteiger partial charge is 0.356 e. The Kier molecular flexibility index (Phi) is 4.48. The van der Waals surface area contributed by atoms with Gasteiger partial charge in [0.15, 0.2) is 5.69 Å². The van der Waals surface area contributed by atoms with Gasteiger partial charge in [0.25, 0.3) is 0 Å². The molecule has 2 aromatic rings. The molecule has 3 N–H and O–H groups in total. The predicted octanol–water partition coefficient (Wildman–Crippen LogP) is 0.544. The van der Waals surface area contributed by atoms with Crippen molar-refractivity contribution in [3.63, 3.8) is 0 Å². The molecule has 0 radical (unpaired) electrons. The summed E-state index contributed by atoms with van der Waals surface area (Å²) in [4.78, 5) is 15.5. The maximum absolute atomic E-state index is 11.4. The lowest BCUT2D eigenvalue weighted by atomic mass is 10.3. The molecule has 0 aliphatic carbocycles. The second-order valence-electron chi connectivity index (χ2n) is 4.07. The number of nitrogen functional groups attached to an aromatic ring is 1. The van der Waals surface area contributed by atoms with Crippen molar-refractivity contribution in [1.82, 2.24) is 20.0 Å². The Morgan fingerprint density at radius 3 is 3.05 bits per heavy atom. The van der Waals surface area contributed by atoms with E-state index in [0.29, 0.717) is 18.1 Å². The van der Waals surface area contributed by atoms with E-state index in [0.717, 1.165) is 13.0 Å². The lowest BCUT2D eigenvalue weighted by Gasteiger charge is -2.09. The topological polar surface area (TPSA) is 108 Å². The van der Waals surface area contributed by atoms with E-state index in [1.54, 1.807) is 23.1 Å². The summed E-state index contributed by atoms with van der Waals surface area (Å²) < 4.78 is 6.36. The molecule has 0 aliphatic rings. The van der Waals surface area contributed by atoms with Crippen molar-refractivity contribution in [2.45, 2.75) is 13.0 Å². The first-order valence-corrected chi connectivity index (χ1v) is 6.13. The van der Waals surface area contributed by atoms with Crippen LogP contribution < -0.4 is 11.1 Å². The minimum absolute atomic E-state index is 0.223. The highest BCUT2D eigenvalue weighted by Gasteiger charge is 2.09. The van der Waals surface area contributed by atoms with Crippen molar-refractivity contribution in [2.24, 2.45) is 0 Å². The number of esters is 1. The molecule has 0 aromatic carbocycles. The molecule has 0 fully saturated rings. The van der Waals surface area contributed by atoms with Crippen LogP contribution in [0.1, 0.15) is 16.9 Å². The van der Waals surface area contributed by atoms with E-state index >= 15 is 0 Å². The zero-order valence-corrected chi connectivity index (χ0v) is 11.1. The molecular weight excluding hydrogens is 260 g/mol. The van der Waals surface area contributed by atoms with Gasteiger partial charge in [0.1, 0.15) is 5.82 Å². The number of nitrogens with zero attached hydrogens (tertiary/aromatic N) is 4. The van der Waals surface area contributed by atoms with Crippen LogP contribution in [0.4, 0.5) is 11.5 Å². The Hall–Kier alpha value is -2.64. The fourth-order valence-electron chi connectivity index (χ4n) is 1.63. The average molecular weight is 276 g/mol. The van der Waals surface area contributed by atoms with Crippen LogP contribution in [0.5, 0.6) is 0 Å². The summed E-state index contributed by atoms with van der Waals surface area (Å²) in [5.74, 6) is -0.0119. The van der Waals surface area contributed by atoms with Gasteiger partial charge in [0, 0.05) is 19.3 Å². The summed E-state index contributed by atoms with van der Waals surface area (Å²) in [6.45, 7) is 1.39. The van der Waals surface area contributed by atoms with Gasteiger partial charge in [-0.05, 0) is 18.6 Å². The fraction of sp³-hybridized carbons (Fsp3) is 0.333. The standard InChI is InChI=1S/C12H16N6O2/c1-20-12(19)10-4-3-9(13)11(16-10)14-5-2-7-18-8-6-15-17-18/h3-4,6,8H,2,5,7,13H2,1H3,(H,14,16). The van der Waals surface area contributed by atoms with Gasteiger partial charge < -0.3 is 15.8 Å². The molecule has 0 saturated heterocycles. The number of carbonyl (C=O) groups excluding carboxylic acids is 1. The summed E-state index contributed by atoms with van der Waals surface area (Å²) in [6.07, 6.45) is 4.25. The molecule has 8 nitrogen and oxygen atoms in total. The van der Waals surface area contributed by atoms with Crippen molar-refractivity contribution in [3.05, 3.63) is 30.2 Å². The van der Waals surface area contributed by atoms with Gasteiger partial charge in [-0.3, -0.25) is 4.68 Å². The van der Waals surface area contributed by atoms with Crippen LogP contribution in [0.2, 0.25) is 0 Å². The molecule has 0 saturated carbocycles. The Balaban J connectivity index is 1.89. The monoisotopic (exact) mass is 276 g/mol. The summed E-state index contributed by atoms with van der Waals surface area (Å²) in [6, 6.07) is 3.15. The number of rotatable bonds is 6. The van der Waals surface area contributed by atoms with Gasteiger partial charge in [-0.25, -0.2) is 9.78 Å². The van der Waals surface area contributed by atoms with Crippen LogP contribution in [-0.2, 0) is 11.3 Å². The van der Waals surface area contributed by atoms with Gasteiger partial charge in [-0.15, -0.1) is 5.10 Å². The Morgan fingerprint density at radius 1 is 1.50 bits per heavy atom. The molecule has 0 unspecified atom stereocenters. The highest BCUT2D eigenvalue weighted by Crippen LogP contribution is 2.16. The van der Waals surface area contributed by atoms with Gasteiger partial charge in [-0.2, -0.15) is 0 Å². The SMILES string of the molecule is COC(=O)c1ccc(N)c(NCCCn2ccnn2)n1. The normalized spacial score (nSPS) is 10.2. The van der Waals surface area contributed by atoms with E-state index in [1.165, 1.54) is 13.2 Å². The number of aromatic nitrogens is 4. The number of hydrogen-bond donors (Lipinski definition) is 2. The number of nitrogens with two attached hydrogens (primary N) is 1. The van der Waals surface area contributed by atoms with E-state index in [1.807, 2.05) is 0 Å². The molecule has 106 valence electrons. The molecule has 0 atom stereocenters. The molecule has 8 heteroatoms. The maximum atomic E-state index is 11.4. The third-order valence-electron chi connectivity index (χ3n) is 2.65. The van der Waals surface area contributed by atoms with Crippen molar-refractivity contribution >= 4 is 17.5 Å². The second kappa shape index (κ2) is 6.50. The Morgan fingerprint density at radius 2 is 2.35 bits per heavy atom. The number of carbonyl (C=O) groups is 1. The van der Waals surface area contributed by atoms with Crippen LogP contribution in [-0.4, -0.2) is 39.6 Å². The predicted molar refractivity (Wildman–Crippen MR) is 73.1 cm³/mol. The number of anilines is 2. The Bertz CT molecular complexity index is 569. The first-order valence-electron chi connectivity index (χ1n) is 6.13. The first kappa shape index (κ1) is 13.8. The van der Waals surface area contributed by atoms with Crippen LogP contribution in [0.3, 0.4) is 0 Å². The minimum atomic E-state index is -0.490. The van der Waals surface area contributed by atoms with Crippen LogP contribution in [0.25, 0.3) is 0 Å². The lowest BCUT2D eigenvalue weighted by Crippen LogP contribution is -2.12. The number of pyridine rings is 1. The van der Waals surface area contributed by atoms with Crippen molar-refractivity contribution in [2.75, 3.05) is 24.7 Å². The van der Waals surface area contributed by atoms with Gasteiger partial charge in [0.05, 0.1) is 19.0 Å². The van der Waals surface area contributed by atoms with Crippen molar-refractivity contribution in [1.29, 1.82) is 0 Å². The number of methoxy groups -OCH3 is 1. The van der Waals surface area contributed by atoms with E-state index in [9.17, 15) is 4.79 Å². The zero-order chi connectivity index (χ0) is 14.4. The van der Waals surface area contributed by atoms with Crippen molar-refractivity contribution in [3.8, 4) is 0 Å². The molecule has 20 heavy (non-hydrogen) atoms. The third kappa shape index (κ3) is 3.44. The lowest BCUT2D eigenvalue weighted by molar-refractivity contribution is 0.0594. The molecule has 2 aromatic heterocycles. The van der Waals surface area contributed by atoms with Gasteiger partial charge >= 0.3 is 5.97 Å². The van der Waals surface area contributed by atoms with Gasteiger partial charge in [-0.1, -0.05) is 5.21 Å². The third-order valence-corrected chi connectivity index (χ3v) is 2.65. The maximum Gasteiger partial charge on any atom is 0.356 e. The number of nitrogens with one attached hydrogen (secondary N) is 1. The highest BCUT2D eigenvalue weighted by molar-refractivity contribution is 5.88. The molecule has 0 amide bonds. The largest absolute Gasteiger partial charge is 0.464 e. The molecule has 2 rings (SSSR count). The second-order valence-corrected chi connectivity index (χ2v) is 4.07. The average Bonchev–Trinajstić information content (AvgIpc) is 2.97. The first-order chi connectivity index (χ1) is 9.70. The molecule has 2 heterocycles. The molecular formula is C12H16N6O2. The molecule has 0 spiro atoms. The Labute approximate surface area is 115 Å². The summed E-state index contributed by atoms with van der Waals surface area (Å²) in [5.41, 5.74) is 6.51. The van der Waals surface area contributed by atoms with E-state index in [4.69, 9.17) is 5.73 Å². The number of hydrogen-bond acceptors (Lipinski definition) is 7. The zero-order valence-electron chi connectivity index (χ0n) is 11.1. The number of aryl methyl sites for hydroxylation is 1.